The fourth-order valence-corrected chi connectivity index (χ4v) is 4.08. The van der Waals surface area contributed by atoms with Crippen LogP contribution in [0.15, 0.2) is 24.3 Å². The minimum atomic E-state index is -1.01. The van der Waals surface area contributed by atoms with E-state index >= 15 is 0 Å². The van der Waals surface area contributed by atoms with Crippen molar-refractivity contribution in [2.45, 2.75) is 51.0 Å². The number of rotatable bonds is 4. The number of benzene rings is 1. The fraction of sp³-hybridized carbons (Fsp3) is 0.526. The summed E-state index contributed by atoms with van der Waals surface area (Å²) in [7, 11) is 2.51. The SMILES string of the molecule is COC(=O)C[C@@H](C(=O)OC)N1C(=O)[C@@H]2Cc3ccccc3CN2C1(C)C. The molecule has 0 N–H and O–H groups in total. The number of esters is 2. The Labute approximate surface area is 152 Å². The number of nitrogens with zero attached hydrogens (tertiary/aromatic N) is 2. The molecule has 7 nitrogen and oxygen atoms in total. The van der Waals surface area contributed by atoms with Crippen molar-refractivity contribution in [1.29, 1.82) is 0 Å². The maximum atomic E-state index is 13.2. The molecule has 0 aromatic heterocycles. The van der Waals surface area contributed by atoms with Crippen molar-refractivity contribution in [2.24, 2.45) is 0 Å². The molecule has 2 atom stereocenters. The van der Waals surface area contributed by atoms with Crippen LogP contribution >= 0.6 is 0 Å². The molecule has 0 unspecified atom stereocenters. The molecule has 1 amide bonds. The number of hydrogen-bond donors (Lipinski definition) is 0. The standard InChI is InChI=1S/C19H24N2O5/c1-19(2)20-11-13-8-6-5-7-12(13)9-14(20)17(23)21(19)15(18(24)26-4)10-16(22)25-3/h5-8,14-15H,9-11H2,1-4H3/t14-,15-/m0/s1. The number of carbonyl (C=O) groups is 3. The third-order valence-electron chi connectivity index (χ3n) is 5.44. The molecule has 3 rings (SSSR count). The van der Waals surface area contributed by atoms with Crippen LogP contribution in [0.4, 0.5) is 0 Å². The lowest BCUT2D eigenvalue weighted by molar-refractivity contribution is -0.160. The largest absolute Gasteiger partial charge is 0.469 e. The zero-order valence-corrected chi connectivity index (χ0v) is 15.5. The van der Waals surface area contributed by atoms with E-state index in [1.54, 1.807) is 0 Å². The van der Waals surface area contributed by atoms with Gasteiger partial charge in [0.2, 0.25) is 5.91 Å². The van der Waals surface area contributed by atoms with E-state index in [-0.39, 0.29) is 18.4 Å². The first-order valence-corrected chi connectivity index (χ1v) is 8.62. The maximum Gasteiger partial charge on any atom is 0.329 e. The highest BCUT2D eigenvalue weighted by atomic mass is 16.5. The molecule has 140 valence electrons. The molecular formula is C19H24N2O5. The van der Waals surface area contributed by atoms with Gasteiger partial charge in [-0.2, -0.15) is 0 Å². The van der Waals surface area contributed by atoms with Gasteiger partial charge in [-0.1, -0.05) is 24.3 Å². The molecule has 0 spiro atoms. The van der Waals surface area contributed by atoms with Gasteiger partial charge in [0.25, 0.3) is 0 Å². The van der Waals surface area contributed by atoms with Crippen molar-refractivity contribution in [3.8, 4) is 0 Å². The number of carbonyl (C=O) groups excluding carboxylic acids is 3. The summed E-state index contributed by atoms with van der Waals surface area (Å²) in [5.74, 6) is -1.34. The highest BCUT2D eigenvalue weighted by Gasteiger charge is 2.56. The second-order valence-electron chi connectivity index (χ2n) is 7.14. The smallest absolute Gasteiger partial charge is 0.329 e. The summed E-state index contributed by atoms with van der Waals surface area (Å²) in [4.78, 5) is 41.0. The Bertz CT molecular complexity index is 745. The fourth-order valence-electron chi connectivity index (χ4n) is 4.08. The first kappa shape index (κ1) is 18.4. The second kappa shape index (κ2) is 6.72. The molecule has 0 bridgehead atoms. The molecular weight excluding hydrogens is 336 g/mol. The zero-order chi connectivity index (χ0) is 19.1. The van der Waals surface area contributed by atoms with Crippen LogP contribution in [0.2, 0.25) is 0 Å². The van der Waals surface area contributed by atoms with Crippen molar-refractivity contribution < 1.29 is 23.9 Å². The topological polar surface area (TPSA) is 76.2 Å². The molecule has 0 radical (unpaired) electrons. The van der Waals surface area contributed by atoms with E-state index in [0.717, 1.165) is 5.56 Å². The average Bonchev–Trinajstić information content (AvgIpc) is 2.83. The van der Waals surface area contributed by atoms with Crippen LogP contribution in [0.25, 0.3) is 0 Å². The lowest BCUT2D eigenvalue weighted by Gasteiger charge is -2.42. The Balaban J connectivity index is 1.97. The molecule has 0 aliphatic carbocycles. The summed E-state index contributed by atoms with van der Waals surface area (Å²) in [6.07, 6.45) is 0.354. The van der Waals surface area contributed by atoms with Gasteiger partial charge in [0.1, 0.15) is 6.04 Å². The van der Waals surface area contributed by atoms with Gasteiger partial charge in [-0.25, -0.2) is 4.79 Å². The van der Waals surface area contributed by atoms with E-state index in [1.165, 1.54) is 24.7 Å². The van der Waals surface area contributed by atoms with E-state index in [1.807, 2.05) is 32.0 Å². The summed E-state index contributed by atoms with van der Waals surface area (Å²) >= 11 is 0. The van der Waals surface area contributed by atoms with Gasteiger partial charge in [0.05, 0.1) is 32.3 Å². The minimum absolute atomic E-state index is 0.163. The zero-order valence-electron chi connectivity index (χ0n) is 15.5. The summed E-state index contributed by atoms with van der Waals surface area (Å²) in [6, 6.07) is 6.67. The van der Waals surface area contributed by atoms with E-state index in [0.29, 0.717) is 13.0 Å². The van der Waals surface area contributed by atoms with E-state index in [2.05, 4.69) is 11.0 Å². The third-order valence-corrected chi connectivity index (χ3v) is 5.44. The van der Waals surface area contributed by atoms with Gasteiger partial charge in [0, 0.05) is 6.54 Å². The molecule has 26 heavy (non-hydrogen) atoms. The van der Waals surface area contributed by atoms with Gasteiger partial charge in [-0.3, -0.25) is 14.5 Å². The number of hydrogen-bond acceptors (Lipinski definition) is 6. The molecule has 1 aromatic rings. The predicted molar refractivity (Wildman–Crippen MR) is 92.8 cm³/mol. The molecule has 1 fully saturated rings. The monoisotopic (exact) mass is 360 g/mol. The molecule has 7 heteroatoms. The minimum Gasteiger partial charge on any atom is -0.469 e. The van der Waals surface area contributed by atoms with E-state index < -0.39 is 23.6 Å². The van der Waals surface area contributed by atoms with Crippen molar-refractivity contribution in [3.63, 3.8) is 0 Å². The summed E-state index contributed by atoms with van der Waals surface area (Å²) < 4.78 is 9.58. The quantitative estimate of drug-likeness (QED) is 0.749. The van der Waals surface area contributed by atoms with Crippen LogP contribution in [0.1, 0.15) is 31.4 Å². The second-order valence-corrected chi connectivity index (χ2v) is 7.14. The first-order valence-electron chi connectivity index (χ1n) is 8.62. The Morgan fingerprint density at radius 3 is 2.46 bits per heavy atom. The Morgan fingerprint density at radius 1 is 1.19 bits per heavy atom. The average molecular weight is 360 g/mol. The van der Waals surface area contributed by atoms with E-state index in [9.17, 15) is 14.4 Å². The molecule has 2 aliphatic heterocycles. The Hall–Kier alpha value is -2.41. The third kappa shape index (κ3) is 2.86. The summed E-state index contributed by atoms with van der Waals surface area (Å²) in [5, 5.41) is 0. The number of ether oxygens (including phenoxy) is 2. The summed E-state index contributed by atoms with van der Waals surface area (Å²) in [6.45, 7) is 4.40. The highest BCUT2D eigenvalue weighted by molar-refractivity contribution is 5.92. The normalized spacial score (nSPS) is 22.4. The van der Waals surface area contributed by atoms with Gasteiger partial charge in [0.15, 0.2) is 0 Å². The van der Waals surface area contributed by atoms with Gasteiger partial charge >= 0.3 is 11.9 Å². The van der Waals surface area contributed by atoms with Crippen LogP contribution in [-0.4, -0.2) is 59.6 Å². The number of fused-ring (bicyclic) bond motifs is 2. The van der Waals surface area contributed by atoms with Gasteiger partial charge < -0.3 is 14.4 Å². The molecule has 2 heterocycles. The van der Waals surface area contributed by atoms with Crippen molar-refractivity contribution in [2.75, 3.05) is 14.2 Å². The molecule has 1 saturated heterocycles. The van der Waals surface area contributed by atoms with Crippen molar-refractivity contribution in [1.82, 2.24) is 9.80 Å². The van der Waals surface area contributed by atoms with Crippen LogP contribution < -0.4 is 0 Å². The molecule has 2 aliphatic rings. The highest BCUT2D eigenvalue weighted by Crippen LogP contribution is 2.40. The number of amides is 1. The van der Waals surface area contributed by atoms with Crippen LogP contribution in [0.3, 0.4) is 0 Å². The lowest BCUT2D eigenvalue weighted by atomic mass is 9.94. The first-order chi connectivity index (χ1) is 12.3. The Kier molecular flexibility index (Phi) is 4.75. The van der Waals surface area contributed by atoms with Crippen LogP contribution in [0, 0.1) is 0 Å². The number of methoxy groups -OCH3 is 2. The molecule has 1 aromatic carbocycles. The van der Waals surface area contributed by atoms with E-state index in [4.69, 9.17) is 9.47 Å². The van der Waals surface area contributed by atoms with Crippen molar-refractivity contribution in [3.05, 3.63) is 35.4 Å². The summed E-state index contributed by atoms with van der Waals surface area (Å²) in [5.41, 5.74) is 1.58. The van der Waals surface area contributed by atoms with Crippen LogP contribution in [0.5, 0.6) is 0 Å². The predicted octanol–water partition coefficient (Wildman–Crippen LogP) is 1.10. The van der Waals surface area contributed by atoms with Gasteiger partial charge in [-0.05, 0) is 31.4 Å². The lowest BCUT2D eigenvalue weighted by Crippen LogP contribution is -2.56. The molecule has 0 saturated carbocycles. The Morgan fingerprint density at radius 2 is 1.85 bits per heavy atom. The van der Waals surface area contributed by atoms with Gasteiger partial charge in [-0.15, -0.1) is 0 Å². The van der Waals surface area contributed by atoms with Crippen molar-refractivity contribution >= 4 is 17.8 Å². The van der Waals surface area contributed by atoms with Crippen LogP contribution in [-0.2, 0) is 36.8 Å². The maximum absolute atomic E-state index is 13.2.